The predicted octanol–water partition coefficient (Wildman–Crippen LogP) is 4.99. The zero-order chi connectivity index (χ0) is 15.8. The van der Waals surface area contributed by atoms with Gasteiger partial charge in [0, 0.05) is 12.1 Å². The van der Waals surface area contributed by atoms with Crippen molar-refractivity contribution in [1.82, 2.24) is 0 Å². The van der Waals surface area contributed by atoms with E-state index in [0.29, 0.717) is 11.3 Å². The van der Waals surface area contributed by atoms with Gasteiger partial charge >= 0.3 is 0 Å². The summed E-state index contributed by atoms with van der Waals surface area (Å²) >= 11 is 5.87. The SMILES string of the molecule is CC.O=[N+]([O-])c1ccc(OCc2cccc(F)c2)c(Cl)c1. The average molecular weight is 312 g/mol. The van der Waals surface area contributed by atoms with Gasteiger partial charge in [0.05, 0.1) is 9.95 Å². The summed E-state index contributed by atoms with van der Waals surface area (Å²) in [6.07, 6.45) is 0. The van der Waals surface area contributed by atoms with Crippen LogP contribution in [-0.4, -0.2) is 4.92 Å². The van der Waals surface area contributed by atoms with Crippen LogP contribution in [0.4, 0.5) is 10.1 Å². The lowest BCUT2D eigenvalue weighted by atomic mass is 10.2. The van der Waals surface area contributed by atoms with Crippen LogP contribution in [-0.2, 0) is 6.61 Å². The number of hydrogen-bond donors (Lipinski definition) is 0. The molecule has 6 heteroatoms. The standard InChI is InChI=1S/C13H9ClFNO3.C2H6/c14-12-7-11(16(17)18)4-5-13(12)19-8-9-2-1-3-10(15)6-9;1-2/h1-7H,8H2;1-2H3. The van der Waals surface area contributed by atoms with Crippen molar-refractivity contribution < 1.29 is 14.1 Å². The van der Waals surface area contributed by atoms with E-state index < -0.39 is 4.92 Å². The molecule has 0 atom stereocenters. The average Bonchev–Trinajstić information content (AvgIpc) is 2.48. The van der Waals surface area contributed by atoms with Crippen LogP contribution in [0.2, 0.25) is 5.02 Å². The number of nitrogens with zero attached hydrogens (tertiary/aromatic N) is 1. The molecule has 0 aliphatic carbocycles. The number of nitro groups is 1. The third kappa shape index (κ3) is 5.04. The summed E-state index contributed by atoms with van der Waals surface area (Å²) in [6, 6.07) is 9.89. The molecule has 0 heterocycles. The first kappa shape index (κ1) is 16.9. The van der Waals surface area contributed by atoms with Crippen molar-refractivity contribution in [2.45, 2.75) is 20.5 Å². The summed E-state index contributed by atoms with van der Waals surface area (Å²) < 4.78 is 18.3. The van der Waals surface area contributed by atoms with Gasteiger partial charge in [-0.1, -0.05) is 37.6 Å². The third-order valence-electron chi connectivity index (χ3n) is 2.41. The fourth-order valence-electron chi connectivity index (χ4n) is 1.51. The Labute approximate surface area is 127 Å². The molecule has 0 bridgehead atoms. The highest BCUT2D eigenvalue weighted by Crippen LogP contribution is 2.29. The second-order valence-electron chi connectivity index (χ2n) is 3.79. The first-order valence-electron chi connectivity index (χ1n) is 6.37. The Morgan fingerprint density at radius 3 is 2.52 bits per heavy atom. The number of benzene rings is 2. The van der Waals surface area contributed by atoms with Crippen LogP contribution in [0, 0.1) is 15.9 Å². The lowest BCUT2D eigenvalue weighted by Crippen LogP contribution is -1.97. The Morgan fingerprint density at radius 1 is 1.24 bits per heavy atom. The molecule has 2 rings (SSSR count). The van der Waals surface area contributed by atoms with E-state index in [-0.39, 0.29) is 23.1 Å². The van der Waals surface area contributed by atoms with Crippen LogP contribution in [0.3, 0.4) is 0 Å². The van der Waals surface area contributed by atoms with Gasteiger partial charge < -0.3 is 4.74 Å². The minimum Gasteiger partial charge on any atom is -0.487 e. The Balaban J connectivity index is 0.00000106. The van der Waals surface area contributed by atoms with E-state index in [9.17, 15) is 14.5 Å². The minimum atomic E-state index is -0.539. The van der Waals surface area contributed by atoms with Crippen molar-refractivity contribution in [3.63, 3.8) is 0 Å². The van der Waals surface area contributed by atoms with Gasteiger partial charge in [0.2, 0.25) is 0 Å². The zero-order valence-corrected chi connectivity index (χ0v) is 12.4. The van der Waals surface area contributed by atoms with Gasteiger partial charge in [0.15, 0.2) is 0 Å². The van der Waals surface area contributed by atoms with Gasteiger partial charge in [-0.05, 0) is 23.8 Å². The van der Waals surface area contributed by atoms with Crippen LogP contribution in [0.25, 0.3) is 0 Å². The van der Waals surface area contributed by atoms with E-state index in [1.807, 2.05) is 13.8 Å². The molecule has 0 spiro atoms. The smallest absolute Gasteiger partial charge is 0.271 e. The number of non-ortho nitro benzene ring substituents is 1. The van der Waals surface area contributed by atoms with Gasteiger partial charge in [-0.25, -0.2) is 4.39 Å². The Bertz CT molecular complexity index is 620. The van der Waals surface area contributed by atoms with Gasteiger partial charge in [0.1, 0.15) is 18.2 Å². The summed E-state index contributed by atoms with van der Waals surface area (Å²) in [7, 11) is 0. The summed E-state index contributed by atoms with van der Waals surface area (Å²) in [5.41, 5.74) is 0.539. The molecule has 0 aliphatic heterocycles. The molecule has 21 heavy (non-hydrogen) atoms. The van der Waals surface area contributed by atoms with Crippen molar-refractivity contribution in [3.05, 3.63) is 69.0 Å². The molecule has 112 valence electrons. The maximum Gasteiger partial charge on any atom is 0.271 e. The Hall–Kier alpha value is -2.14. The maximum absolute atomic E-state index is 13.0. The molecule has 0 unspecified atom stereocenters. The Kier molecular flexibility index (Phi) is 6.62. The van der Waals surface area contributed by atoms with E-state index in [4.69, 9.17) is 16.3 Å². The first-order valence-corrected chi connectivity index (χ1v) is 6.75. The normalized spacial score (nSPS) is 9.52. The second kappa shape index (κ2) is 8.21. The lowest BCUT2D eigenvalue weighted by molar-refractivity contribution is -0.384. The molecule has 0 amide bonds. The van der Waals surface area contributed by atoms with E-state index in [2.05, 4.69) is 0 Å². The quantitative estimate of drug-likeness (QED) is 0.590. The van der Waals surface area contributed by atoms with Gasteiger partial charge in [-0.3, -0.25) is 10.1 Å². The third-order valence-corrected chi connectivity index (χ3v) is 2.71. The summed E-state index contributed by atoms with van der Waals surface area (Å²) in [5, 5.41) is 10.7. The molecule has 0 saturated carbocycles. The van der Waals surface area contributed by atoms with E-state index >= 15 is 0 Å². The van der Waals surface area contributed by atoms with E-state index in [0.717, 1.165) is 0 Å². The van der Waals surface area contributed by atoms with Crippen LogP contribution < -0.4 is 4.74 Å². The van der Waals surface area contributed by atoms with Crippen molar-refractivity contribution >= 4 is 17.3 Å². The van der Waals surface area contributed by atoms with E-state index in [1.54, 1.807) is 12.1 Å². The molecular formula is C15H15ClFNO3. The molecule has 0 fully saturated rings. The maximum atomic E-state index is 13.0. The number of nitro benzene ring substituents is 1. The van der Waals surface area contributed by atoms with Crippen LogP contribution in [0.5, 0.6) is 5.75 Å². The van der Waals surface area contributed by atoms with Crippen molar-refractivity contribution in [3.8, 4) is 5.75 Å². The molecule has 2 aromatic rings. The van der Waals surface area contributed by atoms with Crippen molar-refractivity contribution in [2.75, 3.05) is 0 Å². The monoisotopic (exact) mass is 311 g/mol. The topological polar surface area (TPSA) is 52.4 Å². The zero-order valence-electron chi connectivity index (χ0n) is 11.7. The summed E-state index contributed by atoms with van der Waals surface area (Å²) in [5.74, 6) is -0.0348. The Morgan fingerprint density at radius 2 is 1.95 bits per heavy atom. The fourth-order valence-corrected chi connectivity index (χ4v) is 1.74. The highest BCUT2D eigenvalue weighted by atomic mass is 35.5. The first-order chi connectivity index (χ1) is 10.1. The predicted molar refractivity (Wildman–Crippen MR) is 80.2 cm³/mol. The minimum absolute atomic E-state index is 0.108. The van der Waals surface area contributed by atoms with Crippen molar-refractivity contribution in [2.24, 2.45) is 0 Å². The number of rotatable bonds is 4. The van der Waals surface area contributed by atoms with Crippen LogP contribution in [0.15, 0.2) is 42.5 Å². The molecule has 0 saturated heterocycles. The lowest BCUT2D eigenvalue weighted by Gasteiger charge is -2.07. The van der Waals surface area contributed by atoms with Crippen LogP contribution >= 0.6 is 11.6 Å². The van der Waals surface area contributed by atoms with Crippen LogP contribution in [0.1, 0.15) is 19.4 Å². The van der Waals surface area contributed by atoms with Gasteiger partial charge in [-0.2, -0.15) is 0 Å². The summed E-state index contributed by atoms with van der Waals surface area (Å²) in [4.78, 5) is 10.0. The summed E-state index contributed by atoms with van der Waals surface area (Å²) in [6.45, 7) is 4.13. The molecule has 0 aromatic heterocycles. The molecule has 4 nitrogen and oxygen atoms in total. The number of ether oxygens (including phenoxy) is 1. The van der Waals surface area contributed by atoms with Gasteiger partial charge in [-0.15, -0.1) is 0 Å². The van der Waals surface area contributed by atoms with Crippen molar-refractivity contribution in [1.29, 1.82) is 0 Å². The molecular weight excluding hydrogens is 297 g/mol. The molecule has 0 N–H and O–H groups in total. The van der Waals surface area contributed by atoms with Gasteiger partial charge in [0.25, 0.3) is 5.69 Å². The molecule has 0 radical (unpaired) electrons. The van der Waals surface area contributed by atoms with E-state index in [1.165, 1.54) is 30.3 Å². The fraction of sp³-hybridized carbons (Fsp3) is 0.200. The largest absolute Gasteiger partial charge is 0.487 e. The number of halogens is 2. The second-order valence-corrected chi connectivity index (χ2v) is 4.20. The highest BCUT2D eigenvalue weighted by molar-refractivity contribution is 6.32. The molecule has 0 aliphatic rings. The number of hydrogen-bond acceptors (Lipinski definition) is 3. The molecule has 2 aromatic carbocycles. The highest BCUT2D eigenvalue weighted by Gasteiger charge is 2.10.